The van der Waals surface area contributed by atoms with E-state index >= 15 is 0 Å². The van der Waals surface area contributed by atoms with Crippen LogP contribution in [0.1, 0.15) is 0 Å². The molecule has 6 heteroatoms. The number of urea groups is 1. The van der Waals surface area contributed by atoms with Crippen molar-refractivity contribution in [3.63, 3.8) is 0 Å². The van der Waals surface area contributed by atoms with Crippen LogP contribution in [0.5, 0.6) is 0 Å². The van der Waals surface area contributed by atoms with Crippen LogP contribution in [0.2, 0.25) is 5.02 Å². The molecule has 98 valence electrons. The Morgan fingerprint density at radius 1 is 1.05 bits per heavy atom. The number of rotatable bonds is 2. The van der Waals surface area contributed by atoms with E-state index in [0.29, 0.717) is 16.4 Å². The summed E-state index contributed by atoms with van der Waals surface area (Å²) in [6.45, 7) is 0. The lowest BCUT2D eigenvalue weighted by molar-refractivity contribution is 0.262. The van der Waals surface area contributed by atoms with Gasteiger partial charge in [-0.05, 0) is 42.5 Å². The highest BCUT2D eigenvalue weighted by atomic mass is 35.5. The molecule has 0 atom stereocenters. The molecular formula is C13H11ClFN3O. The van der Waals surface area contributed by atoms with Crippen molar-refractivity contribution in [2.45, 2.75) is 0 Å². The summed E-state index contributed by atoms with van der Waals surface area (Å²) >= 11 is 5.73. The van der Waals surface area contributed by atoms with Crippen molar-refractivity contribution in [1.29, 1.82) is 0 Å². The van der Waals surface area contributed by atoms with Gasteiger partial charge in [0.2, 0.25) is 0 Å². The van der Waals surface area contributed by atoms with Crippen LogP contribution in [0.3, 0.4) is 0 Å². The number of benzene rings is 2. The Bertz CT molecular complexity index is 601. The molecule has 0 aliphatic rings. The van der Waals surface area contributed by atoms with Crippen LogP contribution in [-0.4, -0.2) is 6.03 Å². The molecule has 0 aliphatic carbocycles. The zero-order valence-corrected chi connectivity index (χ0v) is 10.5. The average Bonchev–Trinajstić information content (AvgIpc) is 2.37. The van der Waals surface area contributed by atoms with Gasteiger partial charge in [0, 0.05) is 16.4 Å². The molecular weight excluding hydrogens is 269 g/mol. The SMILES string of the molecule is Nc1cc(NC(=O)Nc2ccc(Cl)cc2)ccc1F. The second-order valence-corrected chi connectivity index (χ2v) is 4.26. The molecule has 2 amide bonds. The van der Waals surface area contributed by atoms with Gasteiger partial charge in [-0.3, -0.25) is 0 Å². The number of nitrogen functional groups attached to an aromatic ring is 1. The van der Waals surface area contributed by atoms with E-state index in [1.54, 1.807) is 24.3 Å². The first-order valence-electron chi connectivity index (χ1n) is 5.43. The first kappa shape index (κ1) is 13.2. The molecule has 0 unspecified atom stereocenters. The molecule has 2 aromatic rings. The highest BCUT2D eigenvalue weighted by molar-refractivity contribution is 6.30. The third kappa shape index (κ3) is 3.59. The van der Waals surface area contributed by atoms with Crippen molar-refractivity contribution in [2.24, 2.45) is 0 Å². The number of carbonyl (C=O) groups excluding carboxylic acids is 1. The Morgan fingerprint density at radius 3 is 2.26 bits per heavy atom. The summed E-state index contributed by atoms with van der Waals surface area (Å²) in [7, 11) is 0. The number of hydrogen-bond acceptors (Lipinski definition) is 2. The largest absolute Gasteiger partial charge is 0.396 e. The van der Waals surface area contributed by atoms with Gasteiger partial charge in [0.1, 0.15) is 5.82 Å². The highest BCUT2D eigenvalue weighted by Gasteiger charge is 2.04. The summed E-state index contributed by atoms with van der Waals surface area (Å²) < 4.78 is 13.0. The van der Waals surface area contributed by atoms with E-state index in [1.165, 1.54) is 18.2 Å². The molecule has 0 aromatic heterocycles. The lowest BCUT2D eigenvalue weighted by atomic mass is 10.2. The maximum Gasteiger partial charge on any atom is 0.323 e. The number of halogens is 2. The molecule has 0 fully saturated rings. The molecule has 19 heavy (non-hydrogen) atoms. The third-order valence-corrected chi connectivity index (χ3v) is 2.61. The number of anilines is 3. The molecule has 4 nitrogen and oxygen atoms in total. The predicted molar refractivity (Wildman–Crippen MR) is 74.9 cm³/mol. The lowest BCUT2D eigenvalue weighted by Crippen LogP contribution is -2.19. The fourth-order valence-electron chi connectivity index (χ4n) is 1.45. The maximum absolute atomic E-state index is 13.0. The van der Waals surface area contributed by atoms with Gasteiger partial charge in [-0.25, -0.2) is 9.18 Å². The summed E-state index contributed by atoms with van der Waals surface area (Å²) in [6.07, 6.45) is 0. The van der Waals surface area contributed by atoms with Crippen LogP contribution in [0.4, 0.5) is 26.2 Å². The average molecular weight is 280 g/mol. The number of nitrogens with one attached hydrogen (secondary N) is 2. The number of hydrogen-bond donors (Lipinski definition) is 3. The number of carbonyl (C=O) groups is 1. The van der Waals surface area contributed by atoms with Crippen LogP contribution in [-0.2, 0) is 0 Å². The van der Waals surface area contributed by atoms with Crippen LogP contribution < -0.4 is 16.4 Å². The van der Waals surface area contributed by atoms with E-state index < -0.39 is 11.8 Å². The topological polar surface area (TPSA) is 67.1 Å². The number of nitrogens with two attached hydrogens (primary N) is 1. The molecule has 0 saturated heterocycles. The number of amides is 2. The summed E-state index contributed by atoms with van der Waals surface area (Å²) in [5.74, 6) is -0.524. The van der Waals surface area contributed by atoms with Gasteiger partial charge in [-0.2, -0.15) is 0 Å². The standard InChI is InChI=1S/C13H11ClFN3O/c14-8-1-3-9(4-2-8)17-13(19)18-10-5-6-11(15)12(16)7-10/h1-7H,16H2,(H2,17,18,19). The normalized spacial score (nSPS) is 10.0. The van der Waals surface area contributed by atoms with Crippen molar-refractivity contribution in [1.82, 2.24) is 0 Å². The van der Waals surface area contributed by atoms with Crippen molar-refractivity contribution >= 4 is 34.7 Å². The van der Waals surface area contributed by atoms with Crippen LogP contribution in [0.15, 0.2) is 42.5 Å². The Balaban J connectivity index is 2.01. The first-order chi connectivity index (χ1) is 9.04. The van der Waals surface area contributed by atoms with Gasteiger partial charge >= 0.3 is 6.03 Å². The van der Waals surface area contributed by atoms with Gasteiger partial charge < -0.3 is 16.4 Å². The van der Waals surface area contributed by atoms with Crippen molar-refractivity contribution < 1.29 is 9.18 Å². The Morgan fingerprint density at radius 2 is 1.63 bits per heavy atom. The second-order valence-electron chi connectivity index (χ2n) is 3.82. The highest BCUT2D eigenvalue weighted by Crippen LogP contribution is 2.17. The van der Waals surface area contributed by atoms with Crippen LogP contribution in [0, 0.1) is 5.82 Å². The first-order valence-corrected chi connectivity index (χ1v) is 5.81. The summed E-state index contributed by atoms with van der Waals surface area (Å²) in [4.78, 5) is 11.7. The molecule has 0 radical (unpaired) electrons. The fraction of sp³-hybridized carbons (Fsp3) is 0. The van der Waals surface area contributed by atoms with E-state index in [9.17, 15) is 9.18 Å². The van der Waals surface area contributed by atoms with E-state index in [4.69, 9.17) is 17.3 Å². The van der Waals surface area contributed by atoms with E-state index in [0.717, 1.165) is 0 Å². The van der Waals surface area contributed by atoms with Crippen molar-refractivity contribution in [3.8, 4) is 0 Å². The van der Waals surface area contributed by atoms with Gasteiger partial charge in [-0.15, -0.1) is 0 Å². The molecule has 0 heterocycles. The lowest BCUT2D eigenvalue weighted by Gasteiger charge is -2.08. The fourth-order valence-corrected chi connectivity index (χ4v) is 1.57. The summed E-state index contributed by atoms with van der Waals surface area (Å²) in [5, 5.41) is 5.73. The minimum atomic E-state index is -0.524. The monoisotopic (exact) mass is 279 g/mol. The Hall–Kier alpha value is -2.27. The summed E-state index contributed by atoms with van der Waals surface area (Å²) in [5.41, 5.74) is 6.38. The van der Waals surface area contributed by atoms with Gasteiger partial charge in [-0.1, -0.05) is 11.6 Å². The van der Waals surface area contributed by atoms with Gasteiger partial charge in [0.15, 0.2) is 0 Å². The van der Waals surface area contributed by atoms with Gasteiger partial charge in [0.25, 0.3) is 0 Å². The minimum absolute atomic E-state index is 0.0238. The minimum Gasteiger partial charge on any atom is -0.396 e. The maximum atomic E-state index is 13.0. The smallest absolute Gasteiger partial charge is 0.323 e. The van der Waals surface area contributed by atoms with Crippen molar-refractivity contribution in [2.75, 3.05) is 16.4 Å². The quantitative estimate of drug-likeness (QED) is 0.734. The van der Waals surface area contributed by atoms with Crippen LogP contribution in [0.25, 0.3) is 0 Å². The predicted octanol–water partition coefficient (Wildman–Crippen LogP) is 3.71. The van der Waals surface area contributed by atoms with Gasteiger partial charge in [0.05, 0.1) is 5.69 Å². The molecule has 2 rings (SSSR count). The second kappa shape index (κ2) is 5.58. The molecule has 0 spiro atoms. The van der Waals surface area contributed by atoms with Crippen molar-refractivity contribution in [3.05, 3.63) is 53.3 Å². The molecule has 0 bridgehead atoms. The Kier molecular flexibility index (Phi) is 3.87. The molecule has 4 N–H and O–H groups in total. The van der Waals surface area contributed by atoms with Crippen LogP contribution >= 0.6 is 11.6 Å². The third-order valence-electron chi connectivity index (χ3n) is 2.36. The van der Waals surface area contributed by atoms with E-state index in [-0.39, 0.29) is 5.69 Å². The van der Waals surface area contributed by atoms with E-state index in [1.807, 2.05) is 0 Å². The summed E-state index contributed by atoms with van der Waals surface area (Å²) in [6, 6.07) is 10.2. The zero-order valence-electron chi connectivity index (χ0n) is 9.78. The molecule has 0 saturated carbocycles. The Labute approximate surface area is 114 Å². The van der Waals surface area contributed by atoms with E-state index in [2.05, 4.69) is 10.6 Å². The molecule has 0 aliphatic heterocycles. The zero-order chi connectivity index (χ0) is 13.8. The molecule has 2 aromatic carbocycles.